The fourth-order valence-corrected chi connectivity index (χ4v) is 5.03. The summed E-state index contributed by atoms with van der Waals surface area (Å²) in [5.74, 6) is -0.432. The predicted octanol–water partition coefficient (Wildman–Crippen LogP) is 12.1. The fourth-order valence-electron chi connectivity index (χ4n) is 5.03. The van der Waals surface area contributed by atoms with Crippen molar-refractivity contribution in [1.29, 1.82) is 0 Å². The zero-order chi connectivity index (χ0) is 33.6. The summed E-state index contributed by atoms with van der Waals surface area (Å²) in [7, 11) is 0. The van der Waals surface area contributed by atoms with Crippen LogP contribution in [0, 0.1) is 0 Å². The third-order valence-electron chi connectivity index (χ3n) is 7.88. The zero-order valence-corrected chi connectivity index (χ0v) is 30.3. The van der Waals surface area contributed by atoms with Gasteiger partial charge >= 0.3 is 11.9 Å². The normalized spacial score (nSPS) is 12.7. The molecule has 0 spiro atoms. The molecule has 0 saturated heterocycles. The van der Waals surface area contributed by atoms with Gasteiger partial charge in [-0.1, -0.05) is 153 Å². The topological polar surface area (TPSA) is 61.8 Å². The van der Waals surface area contributed by atoms with Gasteiger partial charge in [-0.25, -0.2) is 0 Å². The van der Waals surface area contributed by atoms with E-state index in [0.717, 1.165) is 77.0 Å². The molecule has 0 aliphatic rings. The molecule has 0 N–H and O–H groups in total. The molecule has 0 bridgehead atoms. The highest BCUT2D eigenvalue weighted by Gasteiger charge is 2.17. The molecule has 1 atom stereocenters. The van der Waals surface area contributed by atoms with E-state index in [4.69, 9.17) is 14.2 Å². The number of hydrogen-bond donors (Lipinski definition) is 0. The van der Waals surface area contributed by atoms with Crippen LogP contribution in [0.5, 0.6) is 0 Å². The molecular formula is C41H72O5. The number of carbonyl (C=O) groups is 2. The second kappa shape index (κ2) is 37.3. The maximum atomic E-state index is 12.4. The number of unbranched alkanes of at least 4 members (excludes halogenated alkanes) is 15. The first-order valence-electron chi connectivity index (χ1n) is 19.2. The van der Waals surface area contributed by atoms with Gasteiger partial charge in [0.05, 0.1) is 6.61 Å². The maximum Gasteiger partial charge on any atom is 0.306 e. The molecule has 0 saturated carbocycles. The highest BCUT2D eigenvalue weighted by atomic mass is 16.6. The molecule has 5 heteroatoms. The van der Waals surface area contributed by atoms with Crippen LogP contribution >= 0.6 is 0 Å². The molecule has 0 aromatic rings. The second-order valence-electron chi connectivity index (χ2n) is 12.5. The van der Waals surface area contributed by atoms with Crippen LogP contribution in [-0.2, 0) is 23.8 Å². The Morgan fingerprint density at radius 3 is 1.57 bits per heavy atom. The summed E-state index contributed by atoms with van der Waals surface area (Å²) in [6.45, 7) is 7.53. The van der Waals surface area contributed by atoms with Crippen molar-refractivity contribution in [2.24, 2.45) is 0 Å². The molecule has 0 aromatic heterocycles. The van der Waals surface area contributed by atoms with Crippen molar-refractivity contribution in [1.82, 2.24) is 0 Å². The zero-order valence-electron chi connectivity index (χ0n) is 30.3. The Kier molecular flexibility index (Phi) is 35.6. The fraction of sp³-hybridized carbons (Fsp3) is 0.756. The Bertz CT molecular complexity index is 782. The number of esters is 2. The number of allylic oxidation sites excluding steroid dienone is 8. The minimum Gasteiger partial charge on any atom is -0.462 e. The molecule has 1 unspecified atom stereocenters. The van der Waals surface area contributed by atoms with Gasteiger partial charge in [0.25, 0.3) is 0 Å². The molecule has 0 aromatic carbocycles. The highest BCUT2D eigenvalue weighted by Crippen LogP contribution is 2.11. The predicted molar refractivity (Wildman–Crippen MR) is 196 cm³/mol. The van der Waals surface area contributed by atoms with E-state index in [-0.39, 0.29) is 25.2 Å². The molecule has 0 amide bonds. The van der Waals surface area contributed by atoms with Crippen molar-refractivity contribution >= 4 is 11.9 Å². The third kappa shape index (κ3) is 34.7. The lowest BCUT2D eigenvalue weighted by Gasteiger charge is -2.18. The van der Waals surface area contributed by atoms with Crippen molar-refractivity contribution in [3.8, 4) is 0 Å². The summed E-state index contributed by atoms with van der Waals surface area (Å²) >= 11 is 0. The molecule has 0 heterocycles. The minimum atomic E-state index is -0.530. The van der Waals surface area contributed by atoms with Crippen LogP contribution in [-0.4, -0.2) is 37.9 Å². The van der Waals surface area contributed by atoms with Gasteiger partial charge in [-0.05, 0) is 57.8 Å². The molecule has 266 valence electrons. The van der Waals surface area contributed by atoms with Crippen LogP contribution < -0.4 is 0 Å². The molecule has 5 nitrogen and oxygen atoms in total. The third-order valence-corrected chi connectivity index (χ3v) is 7.88. The maximum absolute atomic E-state index is 12.4. The summed E-state index contributed by atoms with van der Waals surface area (Å²) in [6.07, 6.45) is 43.0. The Morgan fingerprint density at radius 2 is 0.978 bits per heavy atom. The van der Waals surface area contributed by atoms with E-state index in [1.54, 1.807) is 0 Å². The van der Waals surface area contributed by atoms with E-state index >= 15 is 0 Å². The minimum absolute atomic E-state index is 0.0796. The molecule has 46 heavy (non-hydrogen) atoms. The van der Waals surface area contributed by atoms with Gasteiger partial charge in [0, 0.05) is 19.4 Å². The first-order valence-corrected chi connectivity index (χ1v) is 19.2. The van der Waals surface area contributed by atoms with Gasteiger partial charge in [-0.15, -0.1) is 0 Å². The Morgan fingerprint density at radius 1 is 0.500 bits per heavy atom. The van der Waals surface area contributed by atoms with Gasteiger partial charge in [0.2, 0.25) is 0 Å². The van der Waals surface area contributed by atoms with E-state index in [0.29, 0.717) is 19.4 Å². The summed E-state index contributed by atoms with van der Waals surface area (Å²) in [5, 5.41) is 0. The average Bonchev–Trinajstić information content (AvgIpc) is 3.05. The van der Waals surface area contributed by atoms with Crippen molar-refractivity contribution in [2.45, 2.75) is 181 Å². The first kappa shape index (κ1) is 43.9. The molecule has 0 aliphatic carbocycles. The van der Waals surface area contributed by atoms with Crippen molar-refractivity contribution < 1.29 is 23.8 Å². The van der Waals surface area contributed by atoms with Gasteiger partial charge in [0.1, 0.15) is 6.61 Å². The van der Waals surface area contributed by atoms with Crippen LogP contribution in [0.25, 0.3) is 0 Å². The highest BCUT2D eigenvalue weighted by molar-refractivity contribution is 5.70. The van der Waals surface area contributed by atoms with Crippen molar-refractivity contribution in [3.05, 3.63) is 48.6 Å². The number of ether oxygens (including phenoxy) is 3. The van der Waals surface area contributed by atoms with E-state index in [1.807, 2.05) is 0 Å². The van der Waals surface area contributed by atoms with Crippen molar-refractivity contribution in [3.63, 3.8) is 0 Å². The van der Waals surface area contributed by atoms with Crippen LogP contribution in [0.15, 0.2) is 48.6 Å². The van der Waals surface area contributed by atoms with Crippen LogP contribution in [0.1, 0.15) is 175 Å². The van der Waals surface area contributed by atoms with Crippen LogP contribution in [0.2, 0.25) is 0 Å². The number of carbonyl (C=O) groups excluding carboxylic acids is 2. The van der Waals surface area contributed by atoms with Gasteiger partial charge < -0.3 is 14.2 Å². The lowest BCUT2D eigenvalue weighted by Crippen LogP contribution is -2.30. The summed E-state index contributed by atoms with van der Waals surface area (Å²) < 4.78 is 17.0. The Labute approximate surface area is 284 Å². The van der Waals surface area contributed by atoms with E-state index in [2.05, 4.69) is 69.4 Å². The Balaban J connectivity index is 3.98. The van der Waals surface area contributed by atoms with Gasteiger partial charge in [-0.3, -0.25) is 9.59 Å². The summed E-state index contributed by atoms with van der Waals surface area (Å²) in [4.78, 5) is 24.6. The van der Waals surface area contributed by atoms with E-state index in [9.17, 15) is 9.59 Å². The standard InChI is InChI=1S/C41H72O5/c1-4-7-10-13-14-15-16-17-18-19-20-21-22-23-24-25-26-27-30-33-36-44-37-39(46-41(43)35-32-29-12-9-6-3)38-45-40(42)34-31-28-11-8-5-2/h7,10,14-15,17-18,20-21,39H,4-6,8-9,11-13,16,19,22-38H2,1-3H3/b10-7-,15-14-,18-17-,21-20-. The van der Waals surface area contributed by atoms with Crippen molar-refractivity contribution in [2.75, 3.05) is 19.8 Å². The summed E-state index contributed by atoms with van der Waals surface area (Å²) in [5.41, 5.74) is 0. The summed E-state index contributed by atoms with van der Waals surface area (Å²) in [6, 6.07) is 0. The first-order chi connectivity index (χ1) is 22.6. The lowest BCUT2D eigenvalue weighted by atomic mass is 10.1. The second-order valence-corrected chi connectivity index (χ2v) is 12.5. The largest absolute Gasteiger partial charge is 0.462 e. The monoisotopic (exact) mass is 645 g/mol. The smallest absolute Gasteiger partial charge is 0.306 e. The molecule has 0 fully saturated rings. The van der Waals surface area contributed by atoms with E-state index < -0.39 is 6.10 Å². The average molecular weight is 645 g/mol. The SMILES string of the molecule is CC/C=C\C/C=C\C/C=C\C/C=C\CCCCCCCCCOCC(COC(=O)CCCCCCC)OC(=O)CCCCCCC. The van der Waals surface area contributed by atoms with Gasteiger partial charge in [0.15, 0.2) is 6.10 Å². The number of rotatable bonds is 34. The molecule has 0 aliphatic heterocycles. The van der Waals surface area contributed by atoms with E-state index in [1.165, 1.54) is 64.2 Å². The van der Waals surface area contributed by atoms with Gasteiger partial charge in [-0.2, -0.15) is 0 Å². The quantitative estimate of drug-likeness (QED) is 0.0396. The molecule has 0 rings (SSSR count). The van der Waals surface area contributed by atoms with Crippen LogP contribution in [0.4, 0.5) is 0 Å². The lowest BCUT2D eigenvalue weighted by molar-refractivity contribution is -0.163. The molecule has 0 radical (unpaired) electrons. The van der Waals surface area contributed by atoms with Crippen LogP contribution in [0.3, 0.4) is 0 Å². The molecular weight excluding hydrogens is 572 g/mol. The number of hydrogen-bond acceptors (Lipinski definition) is 5. The Hall–Kier alpha value is -2.14.